The van der Waals surface area contributed by atoms with Crippen LogP contribution in [0.5, 0.6) is 0 Å². The summed E-state index contributed by atoms with van der Waals surface area (Å²) >= 11 is 6.17. The van der Waals surface area contributed by atoms with Crippen molar-refractivity contribution in [3.8, 4) is 0 Å². The van der Waals surface area contributed by atoms with Crippen LogP contribution in [0.15, 0.2) is 72.9 Å². The number of para-hydroxylation sites is 1. The van der Waals surface area contributed by atoms with Crippen molar-refractivity contribution in [2.24, 2.45) is 0 Å². The van der Waals surface area contributed by atoms with Crippen LogP contribution < -0.4 is 15.5 Å². The summed E-state index contributed by atoms with van der Waals surface area (Å²) in [4.78, 5) is 46.0. The smallest absolute Gasteiger partial charge is 0.248 e. The minimum Gasteiger partial charge on any atom is -0.351 e. The van der Waals surface area contributed by atoms with Crippen LogP contribution in [-0.2, 0) is 20.8 Å². The number of aryl methyl sites for hydroxylation is 1. The molecule has 3 amide bonds. The Hall–Kier alpha value is -3.71. The molecule has 3 aromatic rings. The molecule has 1 atom stereocenters. The van der Waals surface area contributed by atoms with Crippen LogP contribution in [0, 0.1) is 0 Å². The highest BCUT2D eigenvalue weighted by atomic mass is 35.5. The van der Waals surface area contributed by atoms with Crippen molar-refractivity contribution in [3.63, 3.8) is 0 Å². The first-order chi connectivity index (χ1) is 19.0. The lowest BCUT2D eigenvalue weighted by Gasteiger charge is -2.33. The number of aromatic nitrogens is 1. The lowest BCUT2D eigenvalue weighted by atomic mass is 9.99. The molecule has 7 nitrogen and oxygen atoms in total. The first-order valence-electron chi connectivity index (χ1n) is 13.6. The fraction of sp³-hybridized carbons (Fsp3) is 0.355. The van der Waals surface area contributed by atoms with Crippen molar-refractivity contribution in [2.75, 3.05) is 10.2 Å². The molecule has 204 valence electrons. The van der Waals surface area contributed by atoms with E-state index in [-0.39, 0.29) is 36.6 Å². The van der Waals surface area contributed by atoms with Crippen LogP contribution in [-0.4, -0.2) is 28.7 Å². The highest BCUT2D eigenvalue weighted by Gasteiger charge is 2.35. The lowest BCUT2D eigenvalue weighted by Crippen LogP contribution is -2.46. The number of carbonyl (C=O) groups is 3. The standard InChI is InChI=1S/C31H35ClN4O3/c1-2-22-10-3-6-13-26(22)36(29(38)16-9-15-28(37)35-27-14-7-8-21-33-27)30(23-17-19-24(32)20-18-23)31(39)34-25-11-4-5-12-25/h3,6-8,10,13-14,17-21,25,30H,2,4-5,9,11-12,15-16H2,1H3,(H,34,39)(H,33,35,37). The number of hydrogen-bond acceptors (Lipinski definition) is 4. The number of amides is 3. The van der Waals surface area contributed by atoms with Crippen molar-refractivity contribution in [1.29, 1.82) is 0 Å². The van der Waals surface area contributed by atoms with Gasteiger partial charge in [0.1, 0.15) is 11.9 Å². The summed E-state index contributed by atoms with van der Waals surface area (Å²) in [5.41, 5.74) is 2.35. The summed E-state index contributed by atoms with van der Waals surface area (Å²) in [6.45, 7) is 2.03. The quantitative estimate of drug-likeness (QED) is 0.298. The number of carbonyl (C=O) groups excluding carboxylic acids is 3. The molecule has 39 heavy (non-hydrogen) atoms. The Labute approximate surface area is 235 Å². The molecule has 2 N–H and O–H groups in total. The van der Waals surface area contributed by atoms with Crippen molar-refractivity contribution in [3.05, 3.63) is 89.1 Å². The van der Waals surface area contributed by atoms with Crippen LogP contribution in [0.4, 0.5) is 11.5 Å². The highest BCUT2D eigenvalue weighted by Crippen LogP contribution is 2.33. The Morgan fingerprint density at radius 1 is 0.974 bits per heavy atom. The number of hydrogen-bond donors (Lipinski definition) is 2. The molecule has 2 aromatic carbocycles. The van der Waals surface area contributed by atoms with Gasteiger partial charge in [-0.1, -0.05) is 67.8 Å². The molecule has 0 bridgehead atoms. The second-order valence-electron chi connectivity index (χ2n) is 9.81. The normalized spacial score (nSPS) is 14.0. The minimum atomic E-state index is -0.870. The number of nitrogens with zero attached hydrogens (tertiary/aromatic N) is 2. The molecule has 1 heterocycles. The third-order valence-corrected chi connectivity index (χ3v) is 7.27. The van der Waals surface area contributed by atoms with E-state index in [1.807, 2.05) is 31.2 Å². The van der Waals surface area contributed by atoms with E-state index >= 15 is 0 Å². The van der Waals surface area contributed by atoms with Crippen LogP contribution in [0.3, 0.4) is 0 Å². The van der Waals surface area contributed by atoms with Gasteiger partial charge in [-0.25, -0.2) is 4.98 Å². The third-order valence-electron chi connectivity index (χ3n) is 7.02. The molecule has 0 saturated heterocycles. The predicted molar refractivity (Wildman–Crippen MR) is 155 cm³/mol. The number of halogens is 1. The van der Waals surface area contributed by atoms with E-state index in [0.717, 1.165) is 31.2 Å². The predicted octanol–water partition coefficient (Wildman–Crippen LogP) is 6.24. The van der Waals surface area contributed by atoms with Crippen LogP contribution in [0.1, 0.15) is 69.0 Å². The molecule has 1 saturated carbocycles. The van der Waals surface area contributed by atoms with E-state index in [1.165, 1.54) is 0 Å². The molecule has 1 aliphatic rings. The highest BCUT2D eigenvalue weighted by molar-refractivity contribution is 6.30. The SMILES string of the molecule is CCc1ccccc1N(C(=O)CCCC(=O)Nc1ccccn1)C(C(=O)NC1CCCC1)c1ccc(Cl)cc1. The first kappa shape index (κ1) is 28.3. The Bertz CT molecular complexity index is 1260. The Morgan fingerprint density at radius 3 is 2.38 bits per heavy atom. The topological polar surface area (TPSA) is 91.4 Å². The average molecular weight is 547 g/mol. The van der Waals surface area contributed by atoms with Crippen LogP contribution in [0.2, 0.25) is 5.02 Å². The third kappa shape index (κ3) is 7.67. The van der Waals surface area contributed by atoms with Gasteiger partial charge in [0, 0.05) is 35.8 Å². The van der Waals surface area contributed by atoms with Crippen LogP contribution in [0.25, 0.3) is 0 Å². The molecule has 1 fully saturated rings. The zero-order valence-corrected chi connectivity index (χ0v) is 23.0. The Balaban J connectivity index is 1.60. The van der Waals surface area contributed by atoms with E-state index in [9.17, 15) is 14.4 Å². The van der Waals surface area contributed by atoms with Gasteiger partial charge in [-0.2, -0.15) is 0 Å². The van der Waals surface area contributed by atoms with Gasteiger partial charge in [0.25, 0.3) is 0 Å². The molecule has 1 aromatic heterocycles. The van der Waals surface area contributed by atoms with Crippen molar-refractivity contribution in [1.82, 2.24) is 10.3 Å². The largest absolute Gasteiger partial charge is 0.351 e. The molecule has 1 unspecified atom stereocenters. The summed E-state index contributed by atoms with van der Waals surface area (Å²) in [5, 5.41) is 6.51. The number of benzene rings is 2. The maximum atomic E-state index is 14.0. The fourth-order valence-corrected chi connectivity index (χ4v) is 5.16. The van der Waals surface area contributed by atoms with Gasteiger partial charge in [-0.05, 0) is 67.1 Å². The Morgan fingerprint density at radius 2 is 1.69 bits per heavy atom. The summed E-state index contributed by atoms with van der Waals surface area (Å²) in [6.07, 6.45) is 6.93. The molecule has 1 aliphatic carbocycles. The second-order valence-corrected chi connectivity index (χ2v) is 10.2. The van der Waals surface area contributed by atoms with Crippen molar-refractivity contribution < 1.29 is 14.4 Å². The molecule has 0 radical (unpaired) electrons. The van der Waals surface area contributed by atoms with Gasteiger partial charge in [0.2, 0.25) is 17.7 Å². The molecule has 0 aliphatic heterocycles. The molecule has 8 heteroatoms. The minimum absolute atomic E-state index is 0.0981. The monoisotopic (exact) mass is 546 g/mol. The molecular weight excluding hydrogens is 512 g/mol. The van der Waals surface area contributed by atoms with E-state index < -0.39 is 6.04 Å². The summed E-state index contributed by atoms with van der Waals surface area (Å²) < 4.78 is 0. The molecule has 0 spiro atoms. The summed E-state index contributed by atoms with van der Waals surface area (Å²) in [7, 11) is 0. The molecule has 4 rings (SSSR count). The lowest BCUT2D eigenvalue weighted by molar-refractivity contribution is -0.127. The maximum absolute atomic E-state index is 14.0. The number of pyridine rings is 1. The zero-order valence-electron chi connectivity index (χ0n) is 22.2. The maximum Gasteiger partial charge on any atom is 0.248 e. The summed E-state index contributed by atoms with van der Waals surface area (Å²) in [6, 6.07) is 19.3. The first-order valence-corrected chi connectivity index (χ1v) is 14.0. The Kier molecular flexibility index (Phi) is 10.1. The van der Waals surface area contributed by atoms with E-state index in [0.29, 0.717) is 34.9 Å². The second kappa shape index (κ2) is 13.9. The summed E-state index contributed by atoms with van der Waals surface area (Å²) in [5.74, 6) is -0.173. The van der Waals surface area contributed by atoms with Gasteiger partial charge in [0.15, 0.2) is 0 Å². The number of rotatable bonds is 11. The number of anilines is 2. The van der Waals surface area contributed by atoms with E-state index in [2.05, 4.69) is 15.6 Å². The number of nitrogens with one attached hydrogen (secondary N) is 2. The van der Waals surface area contributed by atoms with Gasteiger partial charge >= 0.3 is 0 Å². The zero-order chi connectivity index (χ0) is 27.6. The van der Waals surface area contributed by atoms with E-state index in [1.54, 1.807) is 53.6 Å². The average Bonchev–Trinajstić information content (AvgIpc) is 3.46. The van der Waals surface area contributed by atoms with Crippen molar-refractivity contribution in [2.45, 2.75) is 70.4 Å². The van der Waals surface area contributed by atoms with Crippen LogP contribution >= 0.6 is 11.6 Å². The van der Waals surface area contributed by atoms with E-state index in [4.69, 9.17) is 11.6 Å². The van der Waals surface area contributed by atoms with Gasteiger partial charge < -0.3 is 10.6 Å². The van der Waals surface area contributed by atoms with Gasteiger partial charge in [-0.15, -0.1) is 0 Å². The van der Waals surface area contributed by atoms with Gasteiger partial charge in [0.05, 0.1) is 0 Å². The fourth-order valence-electron chi connectivity index (χ4n) is 5.04. The molecular formula is C31H35ClN4O3. The van der Waals surface area contributed by atoms with Gasteiger partial charge in [-0.3, -0.25) is 19.3 Å². The van der Waals surface area contributed by atoms with Crippen molar-refractivity contribution >= 4 is 40.8 Å².